The van der Waals surface area contributed by atoms with E-state index in [0.717, 1.165) is 0 Å². The first-order valence-corrected chi connectivity index (χ1v) is 4.15. The molecule has 0 bridgehead atoms. The summed E-state index contributed by atoms with van der Waals surface area (Å²) in [5, 5.41) is 5.47. The number of fused-ring (bicyclic) bond motifs is 3. The maximum absolute atomic E-state index is 2.18. The Balaban J connectivity index is 2.69. The van der Waals surface area contributed by atoms with Crippen molar-refractivity contribution in [3.8, 4) is 0 Å². The van der Waals surface area contributed by atoms with E-state index in [1.165, 1.54) is 21.2 Å². The zero-order valence-electron chi connectivity index (χ0n) is 6.62. The lowest BCUT2D eigenvalue weighted by Gasteiger charge is -2.03. The smallest absolute Gasteiger partial charge is 0.0105 e. The molecule has 0 nitrogen and oxygen atoms in total. The van der Waals surface area contributed by atoms with Gasteiger partial charge in [0.15, 0.2) is 0 Å². The average Bonchev–Trinajstić information content (AvgIpc) is 2.05. The van der Waals surface area contributed by atoms with Crippen molar-refractivity contribution in [2.45, 2.75) is 0 Å². The van der Waals surface area contributed by atoms with Crippen LogP contribution in [0.5, 0.6) is 0 Å². The van der Waals surface area contributed by atoms with Crippen molar-refractivity contribution in [2.24, 2.45) is 0 Å². The first kappa shape index (κ1) is 6.01. The van der Waals surface area contributed by atoms with Gasteiger partial charge in [0.1, 0.15) is 0 Å². The minimum atomic E-state index is 1.33. The summed E-state index contributed by atoms with van der Waals surface area (Å²) in [6.45, 7) is 0. The molecule has 0 unspecified atom stereocenters. The molecule has 0 heterocycles. The molecule has 0 aliphatic heterocycles. The first-order chi connectivity index (χ1) is 5.95. The highest BCUT2D eigenvalue weighted by atomic mass is 14.0. The molecule has 1 aliphatic carbocycles. The molecule has 0 fully saturated rings. The van der Waals surface area contributed by atoms with Crippen molar-refractivity contribution in [3.63, 3.8) is 0 Å². The number of hydrogen-bond acceptors (Lipinski definition) is 0. The molecule has 12 heavy (non-hydrogen) atoms. The van der Waals surface area contributed by atoms with Gasteiger partial charge in [-0.05, 0) is 21.2 Å². The third-order valence-electron chi connectivity index (χ3n) is 2.43. The highest BCUT2D eigenvalue weighted by Gasteiger charge is 1.98. The lowest BCUT2D eigenvalue weighted by Crippen LogP contribution is -2.30. The third kappa shape index (κ3) is 0.620. The van der Waals surface area contributed by atoms with Crippen molar-refractivity contribution in [2.75, 3.05) is 0 Å². The van der Waals surface area contributed by atoms with Gasteiger partial charge in [0, 0.05) is 0 Å². The number of rotatable bonds is 0. The van der Waals surface area contributed by atoms with E-state index in [0.29, 0.717) is 0 Å². The van der Waals surface area contributed by atoms with Gasteiger partial charge in [0.2, 0.25) is 0 Å². The molecular weight excluding hydrogens is 144 g/mol. The van der Waals surface area contributed by atoms with E-state index in [-0.39, 0.29) is 0 Å². The Labute approximate surface area is 70.5 Å². The average molecular weight is 152 g/mol. The molecule has 2 aromatic rings. The van der Waals surface area contributed by atoms with E-state index in [2.05, 4.69) is 48.6 Å². The Morgan fingerprint density at radius 1 is 0.750 bits per heavy atom. The van der Waals surface area contributed by atoms with Crippen LogP contribution in [-0.2, 0) is 0 Å². The summed E-state index contributed by atoms with van der Waals surface area (Å²) in [5.74, 6) is 0. The minimum absolute atomic E-state index is 1.33. The second kappa shape index (κ2) is 1.98. The molecule has 2 aromatic carbocycles. The Bertz CT molecular complexity index is 562. The quantitative estimate of drug-likeness (QED) is 0.535. The van der Waals surface area contributed by atoms with Crippen LogP contribution < -0.4 is 10.4 Å². The van der Waals surface area contributed by atoms with Crippen molar-refractivity contribution in [3.05, 3.63) is 46.8 Å². The fourth-order valence-corrected chi connectivity index (χ4v) is 1.72. The SMILES string of the molecule is C1=c2ccc3ccccc3c2=C1. The normalized spacial score (nSPS) is 12.7. The molecule has 0 aromatic heterocycles. The van der Waals surface area contributed by atoms with E-state index in [4.69, 9.17) is 0 Å². The third-order valence-corrected chi connectivity index (χ3v) is 2.43. The van der Waals surface area contributed by atoms with Gasteiger partial charge < -0.3 is 0 Å². The summed E-state index contributed by atoms with van der Waals surface area (Å²) in [5.41, 5.74) is 0. The summed E-state index contributed by atoms with van der Waals surface area (Å²) in [7, 11) is 0. The summed E-state index contributed by atoms with van der Waals surface area (Å²) >= 11 is 0. The Kier molecular flexibility index (Phi) is 0.991. The van der Waals surface area contributed by atoms with Crippen molar-refractivity contribution >= 4 is 22.9 Å². The van der Waals surface area contributed by atoms with Gasteiger partial charge in [0.25, 0.3) is 0 Å². The molecule has 0 spiro atoms. The maximum Gasteiger partial charge on any atom is -0.0105 e. The monoisotopic (exact) mass is 152 g/mol. The summed E-state index contributed by atoms with van der Waals surface area (Å²) in [6.07, 6.45) is 4.33. The van der Waals surface area contributed by atoms with Gasteiger partial charge >= 0.3 is 0 Å². The van der Waals surface area contributed by atoms with Gasteiger partial charge in [-0.1, -0.05) is 48.6 Å². The van der Waals surface area contributed by atoms with E-state index >= 15 is 0 Å². The summed E-state index contributed by atoms with van der Waals surface area (Å²) in [4.78, 5) is 0. The van der Waals surface area contributed by atoms with Crippen LogP contribution in [-0.4, -0.2) is 0 Å². The molecule has 0 saturated heterocycles. The Hall–Kier alpha value is -1.56. The Morgan fingerprint density at radius 3 is 2.50 bits per heavy atom. The van der Waals surface area contributed by atoms with E-state index in [1.54, 1.807) is 0 Å². The molecule has 0 atom stereocenters. The van der Waals surface area contributed by atoms with Crippen LogP contribution in [0.2, 0.25) is 0 Å². The molecule has 0 radical (unpaired) electrons. The van der Waals surface area contributed by atoms with Crippen molar-refractivity contribution in [1.29, 1.82) is 0 Å². The Morgan fingerprint density at radius 2 is 1.67 bits per heavy atom. The van der Waals surface area contributed by atoms with Gasteiger partial charge in [-0.25, -0.2) is 0 Å². The van der Waals surface area contributed by atoms with E-state index in [9.17, 15) is 0 Å². The van der Waals surface area contributed by atoms with Crippen molar-refractivity contribution in [1.82, 2.24) is 0 Å². The lowest BCUT2D eigenvalue weighted by molar-refractivity contribution is 1.55. The second-order valence-electron chi connectivity index (χ2n) is 3.12. The molecule has 0 heteroatoms. The van der Waals surface area contributed by atoms with Gasteiger partial charge in [-0.3, -0.25) is 0 Å². The fourth-order valence-electron chi connectivity index (χ4n) is 1.72. The highest BCUT2D eigenvalue weighted by Crippen LogP contribution is 2.07. The molecule has 56 valence electrons. The predicted octanol–water partition coefficient (Wildman–Crippen LogP) is 1.41. The lowest BCUT2D eigenvalue weighted by atomic mass is 10.0. The van der Waals surface area contributed by atoms with Gasteiger partial charge in [-0.2, -0.15) is 0 Å². The topological polar surface area (TPSA) is 0 Å². The molecular formula is C12H8. The van der Waals surface area contributed by atoms with Crippen LogP contribution in [0.4, 0.5) is 0 Å². The van der Waals surface area contributed by atoms with Crippen LogP contribution in [0, 0.1) is 0 Å². The fraction of sp³-hybridized carbons (Fsp3) is 0. The molecule has 0 saturated carbocycles. The summed E-state index contributed by atoms with van der Waals surface area (Å²) < 4.78 is 0. The first-order valence-electron chi connectivity index (χ1n) is 4.15. The highest BCUT2D eigenvalue weighted by molar-refractivity contribution is 5.88. The number of benzene rings is 2. The van der Waals surface area contributed by atoms with Crippen LogP contribution in [0.1, 0.15) is 0 Å². The zero-order valence-corrected chi connectivity index (χ0v) is 6.62. The second-order valence-corrected chi connectivity index (χ2v) is 3.12. The van der Waals surface area contributed by atoms with Crippen LogP contribution in [0.25, 0.3) is 22.9 Å². The largest absolute Gasteiger partial charge is 0.0616 e. The van der Waals surface area contributed by atoms with E-state index in [1.807, 2.05) is 0 Å². The van der Waals surface area contributed by atoms with Crippen molar-refractivity contribution < 1.29 is 0 Å². The van der Waals surface area contributed by atoms with Crippen LogP contribution in [0.15, 0.2) is 36.4 Å². The molecule has 1 aliphatic rings. The standard InChI is InChI=1S/C12H8/c1-2-4-11-9(3-1)5-6-10-7-8-12(10)11/h1-8H. The van der Waals surface area contributed by atoms with Gasteiger partial charge in [-0.15, -0.1) is 0 Å². The zero-order chi connectivity index (χ0) is 7.97. The molecule has 0 amide bonds. The molecule has 3 rings (SSSR count). The van der Waals surface area contributed by atoms with Crippen LogP contribution >= 0.6 is 0 Å². The van der Waals surface area contributed by atoms with Gasteiger partial charge in [0.05, 0.1) is 0 Å². The predicted molar refractivity (Wildman–Crippen MR) is 52.1 cm³/mol. The van der Waals surface area contributed by atoms with Crippen LogP contribution in [0.3, 0.4) is 0 Å². The van der Waals surface area contributed by atoms with E-state index < -0.39 is 0 Å². The number of hydrogen-bond donors (Lipinski definition) is 0. The summed E-state index contributed by atoms with van der Waals surface area (Å²) in [6, 6.07) is 12.9. The maximum atomic E-state index is 2.18. The molecule has 0 N–H and O–H groups in total. The minimum Gasteiger partial charge on any atom is -0.0616 e.